The van der Waals surface area contributed by atoms with E-state index in [2.05, 4.69) is 10.6 Å². The Balaban J connectivity index is 1.61. The lowest BCUT2D eigenvalue weighted by Crippen LogP contribution is -2.68. The first kappa shape index (κ1) is 21.4. The zero-order valence-electron chi connectivity index (χ0n) is 17.4. The van der Waals surface area contributed by atoms with E-state index in [4.69, 9.17) is 11.6 Å². The Bertz CT molecular complexity index is 1010. The minimum absolute atomic E-state index is 0.0937. The van der Waals surface area contributed by atoms with E-state index in [0.717, 1.165) is 31.2 Å². The molecule has 3 amide bonds. The third-order valence-corrected chi connectivity index (χ3v) is 6.40. The second-order valence-electron chi connectivity index (χ2n) is 8.30. The lowest BCUT2D eigenvalue weighted by molar-refractivity contribution is -0.135. The summed E-state index contributed by atoms with van der Waals surface area (Å²) in [7, 11) is 0. The molecule has 0 bridgehead atoms. The number of piperazine rings is 1. The standard InChI is InChI=1S/C24H26ClN3O3/c1-15-7-6-8-16(13-15)26-22(29)14-21-23(30)27-19-11-4-5-12-20(19)28(21)24(31)17-9-2-3-10-18(17)25/h2-3,6-10,13,19-21H,4-5,11-12,14H2,1H3,(H,26,29)(H,27,30)/t19-,20-,21+/m0/s1. The molecule has 4 rings (SSSR count). The SMILES string of the molecule is Cc1cccc(NC(=O)C[C@@H]2C(=O)N[C@H]3CCCC[C@@H]3N2C(=O)c2ccccc2Cl)c1. The molecule has 2 aliphatic rings. The number of amides is 3. The van der Waals surface area contributed by atoms with Crippen LogP contribution in [0.15, 0.2) is 48.5 Å². The predicted molar refractivity (Wildman–Crippen MR) is 120 cm³/mol. The zero-order chi connectivity index (χ0) is 22.0. The van der Waals surface area contributed by atoms with Crippen LogP contribution >= 0.6 is 11.6 Å². The van der Waals surface area contributed by atoms with Gasteiger partial charge in [0.2, 0.25) is 11.8 Å². The minimum atomic E-state index is -0.882. The molecule has 162 valence electrons. The predicted octanol–water partition coefficient (Wildman–Crippen LogP) is 3.93. The van der Waals surface area contributed by atoms with Gasteiger partial charge < -0.3 is 15.5 Å². The lowest BCUT2D eigenvalue weighted by atomic mass is 9.84. The fraction of sp³-hybridized carbons (Fsp3) is 0.375. The van der Waals surface area contributed by atoms with Gasteiger partial charge in [-0.3, -0.25) is 14.4 Å². The van der Waals surface area contributed by atoms with Crippen molar-refractivity contribution in [2.45, 2.75) is 57.2 Å². The Morgan fingerprint density at radius 1 is 1.13 bits per heavy atom. The van der Waals surface area contributed by atoms with Crippen LogP contribution in [0.1, 0.15) is 48.0 Å². The van der Waals surface area contributed by atoms with Crippen molar-refractivity contribution in [2.75, 3.05) is 5.32 Å². The molecule has 1 aliphatic heterocycles. The Kier molecular flexibility index (Phi) is 6.28. The maximum atomic E-state index is 13.5. The number of halogens is 1. The quantitative estimate of drug-likeness (QED) is 0.757. The lowest BCUT2D eigenvalue weighted by Gasteiger charge is -2.48. The van der Waals surface area contributed by atoms with Crippen molar-refractivity contribution in [3.8, 4) is 0 Å². The summed E-state index contributed by atoms with van der Waals surface area (Å²) >= 11 is 6.30. The van der Waals surface area contributed by atoms with Gasteiger partial charge in [-0.2, -0.15) is 0 Å². The fourth-order valence-electron chi connectivity index (χ4n) is 4.62. The van der Waals surface area contributed by atoms with Crippen molar-refractivity contribution in [1.82, 2.24) is 10.2 Å². The van der Waals surface area contributed by atoms with Gasteiger partial charge in [0.1, 0.15) is 6.04 Å². The maximum absolute atomic E-state index is 13.5. The summed E-state index contributed by atoms with van der Waals surface area (Å²) < 4.78 is 0. The van der Waals surface area contributed by atoms with E-state index < -0.39 is 6.04 Å². The third kappa shape index (κ3) is 4.59. The number of carbonyl (C=O) groups is 3. The monoisotopic (exact) mass is 439 g/mol. The van der Waals surface area contributed by atoms with Crippen LogP contribution in [-0.4, -0.2) is 40.7 Å². The van der Waals surface area contributed by atoms with Gasteiger partial charge in [-0.15, -0.1) is 0 Å². The first-order valence-corrected chi connectivity index (χ1v) is 11.1. The van der Waals surface area contributed by atoms with Gasteiger partial charge in [-0.05, 0) is 49.6 Å². The molecule has 0 radical (unpaired) electrons. The highest BCUT2D eigenvalue weighted by atomic mass is 35.5. The zero-order valence-corrected chi connectivity index (χ0v) is 18.2. The van der Waals surface area contributed by atoms with Crippen LogP contribution < -0.4 is 10.6 Å². The molecule has 1 saturated carbocycles. The summed E-state index contributed by atoms with van der Waals surface area (Å²) in [6.45, 7) is 1.94. The van der Waals surface area contributed by atoms with Gasteiger partial charge in [0.15, 0.2) is 0 Å². The molecule has 1 saturated heterocycles. The summed E-state index contributed by atoms with van der Waals surface area (Å²) in [5, 5.41) is 6.24. The summed E-state index contributed by atoms with van der Waals surface area (Å²) in [4.78, 5) is 41.0. The second-order valence-corrected chi connectivity index (χ2v) is 8.70. The molecule has 7 heteroatoms. The fourth-order valence-corrected chi connectivity index (χ4v) is 4.83. The maximum Gasteiger partial charge on any atom is 0.256 e. The molecule has 1 aliphatic carbocycles. The van der Waals surface area contributed by atoms with E-state index in [-0.39, 0.29) is 36.2 Å². The number of benzene rings is 2. The number of aryl methyl sites for hydroxylation is 1. The van der Waals surface area contributed by atoms with Gasteiger partial charge in [0.05, 0.1) is 23.0 Å². The summed E-state index contributed by atoms with van der Waals surface area (Å²) in [5.41, 5.74) is 2.04. The van der Waals surface area contributed by atoms with E-state index >= 15 is 0 Å². The average Bonchev–Trinajstić information content (AvgIpc) is 2.74. The molecule has 2 N–H and O–H groups in total. The minimum Gasteiger partial charge on any atom is -0.349 e. The number of rotatable bonds is 4. The summed E-state index contributed by atoms with van der Waals surface area (Å²) in [6, 6.07) is 13.2. The van der Waals surface area contributed by atoms with Crippen molar-refractivity contribution in [3.05, 3.63) is 64.7 Å². The van der Waals surface area contributed by atoms with Crippen molar-refractivity contribution in [3.63, 3.8) is 0 Å². The van der Waals surface area contributed by atoms with Gasteiger partial charge in [0, 0.05) is 11.7 Å². The number of anilines is 1. The third-order valence-electron chi connectivity index (χ3n) is 6.07. The molecule has 31 heavy (non-hydrogen) atoms. The van der Waals surface area contributed by atoms with Gasteiger partial charge in [0.25, 0.3) is 5.91 Å². The summed E-state index contributed by atoms with van der Waals surface area (Å²) in [5.74, 6) is -0.898. The van der Waals surface area contributed by atoms with Gasteiger partial charge >= 0.3 is 0 Å². The van der Waals surface area contributed by atoms with Crippen LogP contribution in [0.4, 0.5) is 5.69 Å². The molecule has 3 atom stereocenters. The van der Waals surface area contributed by atoms with E-state index in [9.17, 15) is 14.4 Å². The Labute approximate surface area is 187 Å². The van der Waals surface area contributed by atoms with Crippen molar-refractivity contribution >= 4 is 35.0 Å². The first-order valence-electron chi connectivity index (χ1n) is 10.7. The Morgan fingerprint density at radius 3 is 2.68 bits per heavy atom. The smallest absolute Gasteiger partial charge is 0.256 e. The van der Waals surface area contributed by atoms with E-state index in [1.807, 2.05) is 25.1 Å². The van der Waals surface area contributed by atoms with E-state index in [0.29, 0.717) is 16.3 Å². The molecule has 6 nitrogen and oxygen atoms in total. The number of hydrogen-bond donors (Lipinski definition) is 2. The Hall–Kier alpha value is -2.86. The number of fused-ring (bicyclic) bond motifs is 1. The van der Waals surface area contributed by atoms with Gasteiger partial charge in [-0.1, -0.05) is 48.7 Å². The Morgan fingerprint density at radius 2 is 1.90 bits per heavy atom. The normalized spacial score (nSPS) is 23.0. The molecule has 2 aromatic carbocycles. The highest BCUT2D eigenvalue weighted by Crippen LogP contribution is 2.32. The van der Waals surface area contributed by atoms with Crippen molar-refractivity contribution in [1.29, 1.82) is 0 Å². The number of nitrogens with one attached hydrogen (secondary N) is 2. The molecule has 0 unspecified atom stereocenters. The molecule has 1 heterocycles. The first-order chi connectivity index (χ1) is 14.9. The van der Waals surface area contributed by atoms with Crippen LogP contribution in [0.5, 0.6) is 0 Å². The van der Waals surface area contributed by atoms with Crippen molar-refractivity contribution < 1.29 is 14.4 Å². The highest BCUT2D eigenvalue weighted by molar-refractivity contribution is 6.33. The van der Waals surface area contributed by atoms with Crippen LogP contribution in [0, 0.1) is 6.92 Å². The van der Waals surface area contributed by atoms with E-state index in [1.54, 1.807) is 35.2 Å². The molecular formula is C24H26ClN3O3. The topological polar surface area (TPSA) is 78.5 Å². The van der Waals surface area contributed by atoms with Crippen LogP contribution in [-0.2, 0) is 9.59 Å². The average molecular weight is 440 g/mol. The van der Waals surface area contributed by atoms with E-state index in [1.165, 1.54) is 0 Å². The molecule has 0 aromatic heterocycles. The largest absolute Gasteiger partial charge is 0.349 e. The van der Waals surface area contributed by atoms with Crippen LogP contribution in [0.3, 0.4) is 0 Å². The second kappa shape index (κ2) is 9.10. The van der Waals surface area contributed by atoms with Gasteiger partial charge in [-0.25, -0.2) is 0 Å². The number of hydrogen-bond acceptors (Lipinski definition) is 3. The van der Waals surface area contributed by atoms with Crippen molar-refractivity contribution in [2.24, 2.45) is 0 Å². The van der Waals surface area contributed by atoms with Crippen LogP contribution in [0.25, 0.3) is 0 Å². The molecule has 0 spiro atoms. The molecular weight excluding hydrogens is 414 g/mol. The number of nitrogens with zero attached hydrogens (tertiary/aromatic N) is 1. The number of carbonyl (C=O) groups excluding carboxylic acids is 3. The summed E-state index contributed by atoms with van der Waals surface area (Å²) in [6.07, 6.45) is 3.49. The van der Waals surface area contributed by atoms with Crippen LogP contribution in [0.2, 0.25) is 5.02 Å². The highest BCUT2D eigenvalue weighted by Gasteiger charge is 2.46. The molecule has 2 fully saturated rings. The molecule has 2 aromatic rings.